The second-order valence-electron chi connectivity index (χ2n) is 7.35. The Morgan fingerprint density at radius 1 is 0.667 bits per heavy atom. The minimum Gasteiger partial charge on any atom is -0.393 e. The van der Waals surface area contributed by atoms with E-state index in [1.54, 1.807) is 0 Å². The summed E-state index contributed by atoms with van der Waals surface area (Å²) in [6.45, 7) is 1.75. The smallest absolute Gasteiger partial charge is 0.235 e. The molecule has 0 aromatic rings. The van der Waals surface area contributed by atoms with Crippen LogP contribution in [0.2, 0.25) is 0 Å². The second-order valence-corrected chi connectivity index (χ2v) is 7.35. The van der Waals surface area contributed by atoms with Gasteiger partial charge in [-0.1, -0.05) is 110 Å². The van der Waals surface area contributed by atoms with E-state index in [4.69, 9.17) is 5.11 Å². The van der Waals surface area contributed by atoms with Gasteiger partial charge in [-0.2, -0.15) is 0 Å². The first-order valence-corrected chi connectivity index (χ1v) is 10.4. The molecule has 0 rings (SSSR count). The zero-order valence-corrected chi connectivity index (χ0v) is 16.0. The topological polar surface area (TPSA) is 57.5 Å². The molecule has 0 aromatic carbocycles. The quantitative estimate of drug-likeness (QED) is 0.306. The van der Waals surface area contributed by atoms with E-state index in [0.717, 1.165) is 19.3 Å². The fourth-order valence-corrected chi connectivity index (χ4v) is 3.13. The lowest BCUT2D eigenvalue weighted by atomic mass is 9.98. The maximum absolute atomic E-state index is 10.5. The minimum absolute atomic E-state index is 0.325. The molecule has 0 fully saturated rings. The van der Waals surface area contributed by atoms with Crippen LogP contribution in [0.15, 0.2) is 0 Å². The van der Waals surface area contributed by atoms with Gasteiger partial charge in [0.15, 0.2) is 5.60 Å². The third-order valence-corrected chi connectivity index (χ3v) is 4.90. The van der Waals surface area contributed by atoms with Crippen LogP contribution in [0.3, 0.4) is 0 Å². The SMILES string of the molecule is CCCCCCCCCCCCCCCCCCC(O)([C]=O)CO. The Bertz CT molecular complexity index is 268. The molecule has 24 heavy (non-hydrogen) atoms. The number of hydrogen-bond acceptors (Lipinski definition) is 3. The van der Waals surface area contributed by atoms with Gasteiger partial charge in [0.25, 0.3) is 0 Å². The van der Waals surface area contributed by atoms with Crippen LogP contribution in [0.4, 0.5) is 0 Å². The molecule has 1 unspecified atom stereocenters. The second kappa shape index (κ2) is 17.4. The summed E-state index contributed by atoms with van der Waals surface area (Å²) < 4.78 is 0. The van der Waals surface area contributed by atoms with Crippen LogP contribution in [0, 0.1) is 0 Å². The zero-order chi connectivity index (χ0) is 17.9. The van der Waals surface area contributed by atoms with Crippen LogP contribution in [-0.4, -0.2) is 28.7 Å². The van der Waals surface area contributed by atoms with Crippen LogP contribution >= 0.6 is 0 Å². The summed E-state index contributed by atoms with van der Waals surface area (Å²) in [7, 11) is 0. The molecule has 0 aliphatic carbocycles. The van der Waals surface area contributed by atoms with E-state index < -0.39 is 12.2 Å². The largest absolute Gasteiger partial charge is 0.393 e. The number of aliphatic hydroxyl groups is 2. The fraction of sp³-hybridized carbons (Fsp3) is 0.952. The Kier molecular flexibility index (Phi) is 17.1. The predicted molar refractivity (Wildman–Crippen MR) is 102 cm³/mol. The summed E-state index contributed by atoms with van der Waals surface area (Å²) in [4.78, 5) is 10.5. The van der Waals surface area contributed by atoms with Crippen LogP contribution in [0.5, 0.6) is 0 Å². The van der Waals surface area contributed by atoms with Crippen molar-refractivity contribution in [2.75, 3.05) is 6.61 Å². The summed E-state index contributed by atoms with van der Waals surface area (Å²) >= 11 is 0. The summed E-state index contributed by atoms with van der Waals surface area (Å²) in [5.41, 5.74) is -1.63. The van der Waals surface area contributed by atoms with E-state index in [1.165, 1.54) is 89.8 Å². The van der Waals surface area contributed by atoms with Crippen molar-refractivity contribution in [1.82, 2.24) is 0 Å². The Morgan fingerprint density at radius 2 is 1.00 bits per heavy atom. The van der Waals surface area contributed by atoms with Crippen molar-refractivity contribution in [1.29, 1.82) is 0 Å². The number of hydrogen-bond donors (Lipinski definition) is 2. The predicted octanol–water partition coefficient (Wildman–Crippen LogP) is 5.47. The van der Waals surface area contributed by atoms with Gasteiger partial charge >= 0.3 is 0 Å². The lowest BCUT2D eigenvalue weighted by Crippen LogP contribution is -2.34. The molecule has 0 aliphatic heterocycles. The Hall–Kier alpha value is -0.410. The van der Waals surface area contributed by atoms with Crippen molar-refractivity contribution in [3.05, 3.63) is 0 Å². The molecule has 3 heteroatoms. The maximum atomic E-state index is 10.5. The first kappa shape index (κ1) is 23.6. The van der Waals surface area contributed by atoms with Gasteiger partial charge in [-0.15, -0.1) is 0 Å². The highest BCUT2D eigenvalue weighted by molar-refractivity contribution is 5.62. The Labute approximate surface area is 150 Å². The van der Waals surface area contributed by atoms with E-state index >= 15 is 0 Å². The highest BCUT2D eigenvalue weighted by Crippen LogP contribution is 2.16. The van der Waals surface area contributed by atoms with E-state index in [2.05, 4.69) is 6.92 Å². The lowest BCUT2D eigenvalue weighted by Gasteiger charge is -2.16. The third-order valence-electron chi connectivity index (χ3n) is 4.90. The van der Waals surface area contributed by atoms with Crippen LogP contribution in [0.25, 0.3) is 0 Å². The standard InChI is InChI=1S/C21H41O3/c1-2-3-4-5-6-7-8-9-10-11-12-13-14-15-16-17-18-21(24,19-22)20-23/h22,24H,2-19H2,1H3. The molecule has 0 bridgehead atoms. The lowest BCUT2D eigenvalue weighted by molar-refractivity contribution is 0.0333. The Balaban J connectivity index is 3.14. The molecule has 0 saturated heterocycles. The first-order chi connectivity index (χ1) is 11.7. The van der Waals surface area contributed by atoms with Gasteiger partial charge in [-0.3, -0.25) is 4.79 Å². The van der Waals surface area contributed by atoms with Crippen LogP contribution in [-0.2, 0) is 4.79 Å². The average Bonchev–Trinajstić information content (AvgIpc) is 2.61. The van der Waals surface area contributed by atoms with Gasteiger partial charge in [0.1, 0.15) is 0 Å². The molecule has 1 radical (unpaired) electrons. The molecule has 0 spiro atoms. The van der Waals surface area contributed by atoms with E-state index in [1.807, 2.05) is 0 Å². The number of rotatable bonds is 19. The molecule has 0 aliphatic rings. The molecular weight excluding hydrogens is 300 g/mol. The van der Waals surface area contributed by atoms with Gasteiger partial charge in [0, 0.05) is 0 Å². The van der Waals surface area contributed by atoms with Gasteiger partial charge in [0.2, 0.25) is 6.29 Å². The molecule has 0 aromatic heterocycles. The molecule has 0 saturated carbocycles. The third kappa shape index (κ3) is 15.1. The van der Waals surface area contributed by atoms with Crippen molar-refractivity contribution in [2.24, 2.45) is 0 Å². The normalized spacial score (nSPS) is 13.8. The maximum Gasteiger partial charge on any atom is 0.235 e. The van der Waals surface area contributed by atoms with Crippen molar-refractivity contribution < 1.29 is 15.0 Å². The van der Waals surface area contributed by atoms with Gasteiger partial charge in [-0.25, -0.2) is 0 Å². The van der Waals surface area contributed by atoms with Crippen LogP contribution < -0.4 is 0 Å². The number of aliphatic hydroxyl groups excluding tert-OH is 1. The van der Waals surface area contributed by atoms with Gasteiger partial charge in [0.05, 0.1) is 6.61 Å². The van der Waals surface area contributed by atoms with Gasteiger partial charge < -0.3 is 10.2 Å². The van der Waals surface area contributed by atoms with E-state index in [9.17, 15) is 9.90 Å². The molecule has 2 N–H and O–H groups in total. The van der Waals surface area contributed by atoms with Crippen molar-refractivity contribution in [3.8, 4) is 0 Å². The molecule has 1 atom stereocenters. The van der Waals surface area contributed by atoms with E-state index in [-0.39, 0.29) is 0 Å². The molecule has 3 nitrogen and oxygen atoms in total. The zero-order valence-electron chi connectivity index (χ0n) is 16.0. The summed E-state index contributed by atoms with van der Waals surface area (Å²) in [6, 6.07) is 0. The fourth-order valence-electron chi connectivity index (χ4n) is 3.13. The summed E-state index contributed by atoms with van der Waals surface area (Å²) in [6.07, 6.45) is 22.6. The minimum atomic E-state index is -1.63. The van der Waals surface area contributed by atoms with Gasteiger partial charge in [-0.05, 0) is 6.42 Å². The molecule has 0 amide bonds. The number of carbonyl (C=O) groups excluding carboxylic acids is 1. The highest BCUT2D eigenvalue weighted by atomic mass is 16.3. The molecular formula is C21H41O3. The average molecular weight is 342 g/mol. The van der Waals surface area contributed by atoms with E-state index in [0.29, 0.717) is 6.42 Å². The van der Waals surface area contributed by atoms with Crippen molar-refractivity contribution in [2.45, 2.75) is 122 Å². The molecule has 143 valence electrons. The monoisotopic (exact) mass is 341 g/mol. The Morgan fingerprint density at radius 3 is 1.29 bits per heavy atom. The van der Waals surface area contributed by atoms with Crippen molar-refractivity contribution in [3.63, 3.8) is 0 Å². The highest BCUT2D eigenvalue weighted by Gasteiger charge is 2.25. The number of unbranched alkanes of at least 4 members (excludes halogenated alkanes) is 15. The summed E-state index contributed by atoms with van der Waals surface area (Å²) in [5, 5.41) is 18.5. The molecule has 0 heterocycles. The van der Waals surface area contributed by atoms with Crippen molar-refractivity contribution >= 4 is 6.29 Å². The summed E-state index contributed by atoms with van der Waals surface area (Å²) in [5.74, 6) is 0. The first-order valence-electron chi connectivity index (χ1n) is 10.4. The van der Waals surface area contributed by atoms with Crippen LogP contribution in [0.1, 0.15) is 116 Å².